The molecule has 1 heterocycles. The van der Waals surface area contributed by atoms with E-state index in [1.807, 2.05) is 7.05 Å². The summed E-state index contributed by atoms with van der Waals surface area (Å²) >= 11 is 3.30. The number of carbonyl (C=O) groups is 1. The molecule has 0 bridgehead atoms. The standard InChI is InChI=1S/C12H15BrN2O/c1-15(8-9-4-2-5-9)12(16)10-6-3-7-14-11(10)13/h3,6-7,9H,2,4-5,8H2,1H3. The van der Waals surface area contributed by atoms with Crippen LogP contribution >= 0.6 is 15.9 Å². The smallest absolute Gasteiger partial charge is 0.256 e. The minimum atomic E-state index is 0.0480. The van der Waals surface area contributed by atoms with Gasteiger partial charge in [-0.2, -0.15) is 0 Å². The van der Waals surface area contributed by atoms with E-state index in [2.05, 4.69) is 20.9 Å². The molecule has 1 fully saturated rings. The van der Waals surface area contributed by atoms with E-state index in [9.17, 15) is 4.79 Å². The topological polar surface area (TPSA) is 33.2 Å². The van der Waals surface area contributed by atoms with Crippen LogP contribution in [0.4, 0.5) is 0 Å². The van der Waals surface area contributed by atoms with Crippen LogP contribution in [0.5, 0.6) is 0 Å². The minimum absolute atomic E-state index is 0.0480. The van der Waals surface area contributed by atoms with E-state index in [1.165, 1.54) is 19.3 Å². The molecular weight excluding hydrogens is 268 g/mol. The third kappa shape index (κ3) is 2.43. The second-order valence-corrected chi connectivity index (χ2v) is 5.08. The Hall–Kier alpha value is -0.900. The highest BCUT2D eigenvalue weighted by molar-refractivity contribution is 9.10. The van der Waals surface area contributed by atoms with Crippen molar-refractivity contribution in [1.29, 1.82) is 0 Å². The lowest BCUT2D eigenvalue weighted by atomic mass is 9.85. The lowest BCUT2D eigenvalue weighted by molar-refractivity contribution is 0.0744. The average Bonchev–Trinajstić information content (AvgIpc) is 2.23. The normalized spacial score (nSPS) is 15.6. The quantitative estimate of drug-likeness (QED) is 0.799. The number of pyridine rings is 1. The molecule has 1 aliphatic rings. The van der Waals surface area contributed by atoms with Crippen LogP contribution in [0.25, 0.3) is 0 Å². The number of halogens is 1. The Balaban J connectivity index is 2.03. The van der Waals surface area contributed by atoms with E-state index in [0.29, 0.717) is 16.1 Å². The first-order valence-corrected chi connectivity index (χ1v) is 6.34. The highest BCUT2D eigenvalue weighted by atomic mass is 79.9. The number of rotatable bonds is 3. The van der Waals surface area contributed by atoms with Crippen LogP contribution in [-0.4, -0.2) is 29.4 Å². The first-order chi connectivity index (χ1) is 7.68. The molecule has 0 aromatic carbocycles. The Morgan fingerprint density at radius 3 is 2.94 bits per heavy atom. The molecule has 0 aliphatic heterocycles. The molecular formula is C12H15BrN2O. The van der Waals surface area contributed by atoms with Gasteiger partial charge in [-0.05, 0) is 46.8 Å². The molecule has 16 heavy (non-hydrogen) atoms. The van der Waals surface area contributed by atoms with Crippen molar-refractivity contribution in [1.82, 2.24) is 9.88 Å². The summed E-state index contributed by atoms with van der Waals surface area (Å²) in [5.74, 6) is 0.747. The van der Waals surface area contributed by atoms with E-state index in [4.69, 9.17) is 0 Å². The van der Waals surface area contributed by atoms with Gasteiger partial charge in [0.2, 0.25) is 0 Å². The minimum Gasteiger partial charge on any atom is -0.341 e. The predicted molar refractivity (Wildman–Crippen MR) is 66.2 cm³/mol. The van der Waals surface area contributed by atoms with Gasteiger partial charge in [-0.3, -0.25) is 4.79 Å². The summed E-state index contributed by atoms with van der Waals surface area (Å²) in [6.45, 7) is 0.861. The Morgan fingerprint density at radius 2 is 2.38 bits per heavy atom. The predicted octanol–water partition coefficient (Wildman–Crippen LogP) is 2.72. The van der Waals surface area contributed by atoms with Crippen molar-refractivity contribution >= 4 is 21.8 Å². The second-order valence-electron chi connectivity index (χ2n) is 4.32. The van der Waals surface area contributed by atoms with Crippen LogP contribution in [0.2, 0.25) is 0 Å². The summed E-state index contributed by atoms with van der Waals surface area (Å²) in [6.07, 6.45) is 5.49. The zero-order chi connectivity index (χ0) is 11.5. The molecule has 0 unspecified atom stereocenters. The highest BCUT2D eigenvalue weighted by Crippen LogP contribution is 2.27. The number of hydrogen-bond donors (Lipinski definition) is 0. The van der Waals surface area contributed by atoms with E-state index in [0.717, 1.165) is 6.54 Å². The maximum Gasteiger partial charge on any atom is 0.256 e. The first kappa shape index (κ1) is 11.6. The van der Waals surface area contributed by atoms with Gasteiger partial charge in [0, 0.05) is 19.8 Å². The van der Waals surface area contributed by atoms with Crippen molar-refractivity contribution in [3.05, 3.63) is 28.5 Å². The van der Waals surface area contributed by atoms with Crippen molar-refractivity contribution in [2.75, 3.05) is 13.6 Å². The third-order valence-electron chi connectivity index (χ3n) is 3.09. The lowest BCUT2D eigenvalue weighted by Gasteiger charge is -2.30. The van der Waals surface area contributed by atoms with Crippen LogP contribution in [0.3, 0.4) is 0 Å². The van der Waals surface area contributed by atoms with Crippen LogP contribution < -0.4 is 0 Å². The molecule has 0 saturated heterocycles. The van der Waals surface area contributed by atoms with E-state index in [-0.39, 0.29) is 5.91 Å². The SMILES string of the molecule is CN(CC1CCC1)C(=O)c1cccnc1Br. The zero-order valence-electron chi connectivity index (χ0n) is 9.32. The number of aromatic nitrogens is 1. The molecule has 0 spiro atoms. The van der Waals surface area contributed by atoms with Crippen molar-refractivity contribution in [3.63, 3.8) is 0 Å². The first-order valence-electron chi connectivity index (χ1n) is 5.54. The molecule has 2 rings (SSSR count). The fourth-order valence-electron chi connectivity index (χ4n) is 1.90. The molecule has 1 aromatic heterocycles. The van der Waals surface area contributed by atoms with Crippen molar-refractivity contribution in [3.8, 4) is 0 Å². The summed E-state index contributed by atoms with van der Waals surface area (Å²) in [4.78, 5) is 18.0. The summed E-state index contributed by atoms with van der Waals surface area (Å²) < 4.78 is 0.625. The van der Waals surface area contributed by atoms with E-state index < -0.39 is 0 Å². The third-order valence-corrected chi connectivity index (χ3v) is 3.72. The summed E-state index contributed by atoms with van der Waals surface area (Å²) in [6, 6.07) is 3.59. The molecule has 0 N–H and O–H groups in total. The molecule has 1 aromatic rings. The summed E-state index contributed by atoms with van der Waals surface area (Å²) in [7, 11) is 1.86. The number of hydrogen-bond acceptors (Lipinski definition) is 2. The molecule has 1 aliphatic carbocycles. The summed E-state index contributed by atoms with van der Waals surface area (Å²) in [5.41, 5.74) is 0.643. The Bertz CT molecular complexity index is 390. The van der Waals surface area contributed by atoms with Gasteiger partial charge >= 0.3 is 0 Å². The molecule has 4 heteroatoms. The van der Waals surface area contributed by atoms with Crippen LogP contribution in [-0.2, 0) is 0 Å². The Morgan fingerprint density at radius 1 is 1.62 bits per heavy atom. The molecule has 1 amide bonds. The van der Waals surface area contributed by atoms with Crippen LogP contribution in [0.15, 0.2) is 22.9 Å². The van der Waals surface area contributed by atoms with Crippen molar-refractivity contribution in [2.24, 2.45) is 5.92 Å². The maximum atomic E-state index is 12.1. The molecule has 0 radical (unpaired) electrons. The Labute approximate surface area is 104 Å². The fourth-order valence-corrected chi connectivity index (χ4v) is 2.32. The molecule has 0 atom stereocenters. The number of amides is 1. The highest BCUT2D eigenvalue weighted by Gasteiger charge is 2.22. The van der Waals surface area contributed by atoms with E-state index >= 15 is 0 Å². The monoisotopic (exact) mass is 282 g/mol. The van der Waals surface area contributed by atoms with Gasteiger partial charge in [-0.25, -0.2) is 4.98 Å². The Kier molecular flexibility index (Phi) is 3.59. The van der Waals surface area contributed by atoms with Crippen LogP contribution in [0.1, 0.15) is 29.6 Å². The maximum absolute atomic E-state index is 12.1. The average molecular weight is 283 g/mol. The van der Waals surface area contributed by atoms with Gasteiger partial charge in [0.15, 0.2) is 0 Å². The van der Waals surface area contributed by atoms with Gasteiger partial charge in [0.25, 0.3) is 5.91 Å². The lowest BCUT2D eigenvalue weighted by Crippen LogP contribution is -2.34. The van der Waals surface area contributed by atoms with Crippen molar-refractivity contribution < 1.29 is 4.79 Å². The van der Waals surface area contributed by atoms with Gasteiger partial charge in [0.1, 0.15) is 4.60 Å². The summed E-state index contributed by atoms with van der Waals surface area (Å²) in [5, 5.41) is 0. The van der Waals surface area contributed by atoms with Crippen LogP contribution in [0, 0.1) is 5.92 Å². The zero-order valence-corrected chi connectivity index (χ0v) is 10.9. The van der Waals surface area contributed by atoms with Gasteiger partial charge in [0.05, 0.1) is 5.56 Å². The largest absolute Gasteiger partial charge is 0.341 e. The second kappa shape index (κ2) is 4.95. The number of carbonyl (C=O) groups excluding carboxylic acids is 1. The van der Waals surface area contributed by atoms with Gasteiger partial charge in [-0.15, -0.1) is 0 Å². The van der Waals surface area contributed by atoms with Gasteiger partial charge in [-0.1, -0.05) is 6.42 Å². The fraction of sp³-hybridized carbons (Fsp3) is 0.500. The number of nitrogens with zero attached hydrogens (tertiary/aromatic N) is 2. The van der Waals surface area contributed by atoms with E-state index in [1.54, 1.807) is 23.2 Å². The van der Waals surface area contributed by atoms with Crippen molar-refractivity contribution in [2.45, 2.75) is 19.3 Å². The molecule has 86 valence electrons. The molecule has 3 nitrogen and oxygen atoms in total. The van der Waals surface area contributed by atoms with Gasteiger partial charge < -0.3 is 4.90 Å². The molecule has 1 saturated carbocycles.